The van der Waals surface area contributed by atoms with Gasteiger partial charge >= 0.3 is 0 Å². The van der Waals surface area contributed by atoms with E-state index in [0.29, 0.717) is 23.8 Å². The van der Waals surface area contributed by atoms with Crippen LogP contribution in [0.3, 0.4) is 0 Å². The minimum atomic E-state index is 0.295. The van der Waals surface area contributed by atoms with Gasteiger partial charge in [-0.3, -0.25) is 9.69 Å². The van der Waals surface area contributed by atoms with Crippen LogP contribution in [0, 0.1) is 5.41 Å². The monoisotopic (exact) mass is 478 g/mol. The van der Waals surface area contributed by atoms with Crippen molar-refractivity contribution in [2.24, 2.45) is 5.41 Å². The molecule has 5 heteroatoms. The van der Waals surface area contributed by atoms with Gasteiger partial charge in [0.2, 0.25) is 5.91 Å². The third kappa shape index (κ3) is 4.13. The summed E-state index contributed by atoms with van der Waals surface area (Å²) in [5, 5.41) is 0. The molecule has 0 unspecified atom stereocenters. The number of piperidine rings is 1. The smallest absolute Gasteiger partial charge is 0.226 e. The Labute approximate surface area is 213 Å². The predicted molar refractivity (Wildman–Crippen MR) is 140 cm³/mol. The molecule has 4 aliphatic rings. The van der Waals surface area contributed by atoms with E-state index in [0.717, 1.165) is 55.2 Å². The number of hydrogen-bond acceptors (Lipinski definition) is 4. The van der Waals surface area contributed by atoms with Crippen molar-refractivity contribution in [2.45, 2.75) is 56.9 Å². The Bertz CT molecular complexity index is 1250. The van der Waals surface area contributed by atoms with Crippen molar-refractivity contribution in [3.63, 3.8) is 0 Å². The van der Waals surface area contributed by atoms with Crippen molar-refractivity contribution in [2.75, 3.05) is 26.2 Å². The Morgan fingerprint density at radius 2 is 1.69 bits per heavy atom. The summed E-state index contributed by atoms with van der Waals surface area (Å²) in [6, 6.07) is 18.0. The van der Waals surface area contributed by atoms with Gasteiger partial charge in [-0.05, 0) is 84.2 Å². The van der Waals surface area contributed by atoms with Crippen molar-refractivity contribution in [3.8, 4) is 11.4 Å². The van der Waals surface area contributed by atoms with Crippen LogP contribution in [0.4, 0.5) is 0 Å². The highest BCUT2D eigenvalue weighted by Crippen LogP contribution is 2.48. The SMILES string of the molecule is O=C(Cc1ccc(C2CC2)cc1)N1CCC2(CC1)CN([C@@H]1CCc3cc(-c4ncccn4)ccc31)C2. The fourth-order valence-corrected chi connectivity index (χ4v) is 6.75. The third-order valence-electron chi connectivity index (χ3n) is 9.09. The van der Waals surface area contributed by atoms with E-state index in [1.807, 2.05) is 18.5 Å². The number of nitrogens with zero attached hydrogens (tertiary/aromatic N) is 4. The molecule has 1 aromatic heterocycles. The summed E-state index contributed by atoms with van der Waals surface area (Å²) < 4.78 is 0. The lowest BCUT2D eigenvalue weighted by atomic mass is 9.71. The van der Waals surface area contributed by atoms with Crippen molar-refractivity contribution in [1.82, 2.24) is 19.8 Å². The second kappa shape index (κ2) is 8.81. The van der Waals surface area contributed by atoms with Crippen molar-refractivity contribution in [3.05, 3.63) is 83.2 Å². The number of carbonyl (C=O) groups excluding carboxylic acids is 1. The predicted octanol–water partition coefficient (Wildman–Crippen LogP) is 5.18. The van der Waals surface area contributed by atoms with Crippen molar-refractivity contribution < 1.29 is 4.79 Å². The summed E-state index contributed by atoms with van der Waals surface area (Å²) in [5.74, 6) is 1.88. The zero-order valence-electron chi connectivity index (χ0n) is 20.9. The highest BCUT2D eigenvalue weighted by molar-refractivity contribution is 5.79. The standard InChI is InChI=1S/C31H34N4O/c36-29(18-22-2-4-23(5-3-22)24-6-7-24)34-16-12-31(13-17-34)20-35(21-31)28-11-9-25-19-26(8-10-27(25)28)30-32-14-1-15-33-30/h1-5,8,10,14-15,19,24,28H,6-7,9,11-13,16-18,20-21H2/t28-/m1/s1. The number of likely N-dealkylation sites (tertiary alicyclic amines) is 2. The molecule has 0 bridgehead atoms. The second-order valence-corrected chi connectivity index (χ2v) is 11.5. The molecule has 0 N–H and O–H groups in total. The first kappa shape index (κ1) is 22.2. The first-order valence-corrected chi connectivity index (χ1v) is 13.7. The first-order chi connectivity index (χ1) is 17.7. The quantitative estimate of drug-likeness (QED) is 0.507. The van der Waals surface area contributed by atoms with E-state index in [2.05, 4.69) is 62.2 Å². The number of fused-ring (bicyclic) bond motifs is 1. The molecule has 5 nitrogen and oxygen atoms in total. The lowest BCUT2D eigenvalue weighted by Crippen LogP contribution is -2.61. The number of hydrogen-bond donors (Lipinski definition) is 0. The number of aromatic nitrogens is 2. The molecular weight excluding hydrogens is 444 g/mol. The summed E-state index contributed by atoms with van der Waals surface area (Å²) >= 11 is 0. The molecule has 2 aromatic carbocycles. The van der Waals surface area contributed by atoms with Crippen LogP contribution in [0.15, 0.2) is 60.9 Å². The van der Waals surface area contributed by atoms with Gasteiger partial charge in [-0.2, -0.15) is 0 Å². The molecule has 2 aliphatic heterocycles. The molecule has 3 aromatic rings. The van der Waals surface area contributed by atoms with E-state index in [-0.39, 0.29) is 0 Å². The van der Waals surface area contributed by atoms with Gasteiger partial charge in [-0.25, -0.2) is 9.97 Å². The minimum Gasteiger partial charge on any atom is -0.342 e. The normalized spacial score (nSPS) is 22.9. The maximum absolute atomic E-state index is 13.0. The van der Waals surface area contributed by atoms with Gasteiger partial charge in [-0.1, -0.05) is 36.4 Å². The number of benzene rings is 2. The van der Waals surface area contributed by atoms with Gasteiger partial charge < -0.3 is 4.90 Å². The molecule has 36 heavy (non-hydrogen) atoms. The van der Waals surface area contributed by atoms with Gasteiger partial charge in [0.15, 0.2) is 5.82 Å². The van der Waals surface area contributed by atoms with Gasteiger partial charge in [-0.15, -0.1) is 0 Å². The van der Waals surface area contributed by atoms with E-state index in [1.165, 1.54) is 49.0 Å². The summed E-state index contributed by atoms with van der Waals surface area (Å²) in [5.41, 5.74) is 7.06. The Morgan fingerprint density at radius 1 is 0.944 bits per heavy atom. The van der Waals surface area contributed by atoms with Gasteiger partial charge in [0.25, 0.3) is 0 Å². The van der Waals surface area contributed by atoms with E-state index < -0.39 is 0 Å². The summed E-state index contributed by atoms with van der Waals surface area (Å²) in [4.78, 5) is 26.6. The third-order valence-corrected chi connectivity index (χ3v) is 9.09. The Hall–Kier alpha value is -3.05. The van der Waals surface area contributed by atoms with E-state index >= 15 is 0 Å². The second-order valence-electron chi connectivity index (χ2n) is 11.5. The van der Waals surface area contributed by atoms with E-state index in [1.54, 1.807) is 0 Å². The Kier molecular flexibility index (Phi) is 5.42. The van der Waals surface area contributed by atoms with Crippen LogP contribution >= 0.6 is 0 Å². The fourth-order valence-electron chi connectivity index (χ4n) is 6.75. The average molecular weight is 479 g/mol. The molecule has 3 heterocycles. The van der Waals surface area contributed by atoms with E-state index in [9.17, 15) is 4.79 Å². The van der Waals surface area contributed by atoms with Gasteiger partial charge in [0.1, 0.15) is 0 Å². The Morgan fingerprint density at radius 3 is 2.42 bits per heavy atom. The van der Waals surface area contributed by atoms with Gasteiger partial charge in [0, 0.05) is 50.2 Å². The fraction of sp³-hybridized carbons (Fsp3) is 0.452. The highest BCUT2D eigenvalue weighted by atomic mass is 16.2. The summed E-state index contributed by atoms with van der Waals surface area (Å²) in [6.45, 7) is 4.17. The summed E-state index contributed by atoms with van der Waals surface area (Å²) in [7, 11) is 0. The van der Waals surface area contributed by atoms with Crippen molar-refractivity contribution in [1.29, 1.82) is 0 Å². The molecule has 0 radical (unpaired) electrons. The van der Waals surface area contributed by atoms with Gasteiger partial charge in [0.05, 0.1) is 6.42 Å². The molecule has 7 rings (SSSR count). The Balaban J connectivity index is 0.932. The number of aryl methyl sites for hydroxylation is 1. The number of carbonyl (C=O) groups is 1. The molecule has 1 amide bonds. The molecular formula is C31H34N4O. The van der Waals surface area contributed by atoms with Crippen molar-refractivity contribution >= 4 is 5.91 Å². The molecule has 2 aliphatic carbocycles. The van der Waals surface area contributed by atoms with Crippen LogP contribution in [0.25, 0.3) is 11.4 Å². The largest absolute Gasteiger partial charge is 0.342 e. The number of amides is 1. The average Bonchev–Trinajstić information content (AvgIpc) is 3.67. The van der Waals surface area contributed by atoms with Crippen LogP contribution < -0.4 is 0 Å². The molecule has 1 saturated carbocycles. The van der Waals surface area contributed by atoms with Crippen LogP contribution in [-0.2, 0) is 17.6 Å². The topological polar surface area (TPSA) is 49.3 Å². The molecule has 184 valence electrons. The maximum atomic E-state index is 13.0. The van der Waals surface area contributed by atoms with E-state index in [4.69, 9.17) is 0 Å². The maximum Gasteiger partial charge on any atom is 0.226 e. The van der Waals surface area contributed by atoms with Crippen LogP contribution in [0.2, 0.25) is 0 Å². The van der Waals surface area contributed by atoms with Crippen LogP contribution in [-0.4, -0.2) is 51.9 Å². The lowest BCUT2D eigenvalue weighted by Gasteiger charge is -2.56. The number of rotatable bonds is 5. The zero-order chi connectivity index (χ0) is 24.1. The zero-order valence-corrected chi connectivity index (χ0v) is 20.9. The van der Waals surface area contributed by atoms with Crippen LogP contribution in [0.1, 0.15) is 66.3 Å². The molecule has 1 atom stereocenters. The minimum absolute atomic E-state index is 0.295. The molecule has 2 saturated heterocycles. The van der Waals surface area contributed by atoms with Crippen LogP contribution in [0.5, 0.6) is 0 Å². The first-order valence-electron chi connectivity index (χ1n) is 13.7. The highest BCUT2D eigenvalue weighted by Gasteiger charge is 2.48. The molecule has 3 fully saturated rings. The summed E-state index contributed by atoms with van der Waals surface area (Å²) in [6.07, 6.45) is 11.4. The lowest BCUT2D eigenvalue weighted by molar-refractivity contribution is -0.136. The molecule has 1 spiro atoms.